The van der Waals surface area contributed by atoms with Crippen molar-refractivity contribution in [2.75, 3.05) is 19.8 Å². The van der Waals surface area contributed by atoms with Crippen molar-refractivity contribution in [2.45, 2.75) is 24.4 Å². The molecule has 0 amide bonds. The molecule has 0 aliphatic carbocycles. The number of benzene rings is 2. The van der Waals surface area contributed by atoms with Crippen LogP contribution in [0.15, 0.2) is 36.4 Å². The maximum atomic E-state index is 14.8. The number of rotatable bonds is 2. The predicted octanol–water partition coefficient (Wildman–Crippen LogP) is 4.89. The van der Waals surface area contributed by atoms with Gasteiger partial charge >= 0.3 is 6.18 Å². The lowest BCUT2D eigenvalue weighted by Gasteiger charge is -2.48. The zero-order chi connectivity index (χ0) is 19.2. The van der Waals surface area contributed by atoms with Crippen molar-refractivity contribution >= 4 is 0 Å². The molecule has 1 saturated heterocycles. The van der Waals surface area contributed by atoms with Gasteiger partial charge in [0.1, 0.15) is 5.82 Å². The number of halogens is 5. The van der Waals surface area contributed by atoms with Crippen LogP contribution in [-0.4, -0.2) is 19.8 Å². The van der Waals surface area contributed by atoms with E-state index in [2.05, 4.69) is 0 Å². The highest BCUT2D eigenvalue weighted by Gasteiger charge is 2.50. The Morgan fingerprint density at radius 3 is 2.37 bits per heavy atom. The van der Waals surface area contributed by atoms with Crippen LogP contribution in [-0.2, 0) is 22.7 Å². The van der Waals surface area contributed by atoms with E-state index in [9.17, 15) is 22.0 Å². The number of hydrogen-bond acceptors (Lipinski definition) is 2. The second-order valence-corrected chi connectivity index (χ2v) is 7.09. The average Bonchev–Trinajstić information content (AvgIpc) is 2.63. The molecule has 2 nitrogen and oxygen atoms in total. The first-order valence-electron chi connectivity index (χ1n) is 8.66. The summed E-state index contributed by atoms with van der Waals surface area (Å²) < 4.78 is 78.4. The van der Waals surface area contributed by atoms with Gasteiger partial charge in [-0.05, 0) is 42.7 Å². The van der Waals surface area contributed by atoms with Gasteiger partial charge in [0, 0.05) is 23.5 Å². The minimum atomic E-state index is -4.42. The molecule has 0 radical (unpaired) electrons. The number of hydrogen-bond donors (Lipinski definition) is 0. The van der Waals surface area contributed by atoms with Crippen molar-refractivity contribution in [3.05, 3.63) is 64.7 Å². The van der Waals surface area contributed by atoms with E-state index in [1.54, 1.807) is 0 Å². The summed E-state index contributed by atoms with van der Waals surface area (Å²) in [4.78, 5) is 0. The Labute approximate surface area is 152 Å². The van der Waals surface area contributed by atoms with E-state index in [4.69, 9.17) is 9.47 Å². The van der Waals surface area contributed by atoms with Crippen LogP contribution in [0.3, 0.4) is 0 Å². The lowest BCUT2D eigenvalue weighted by molar-refractivity contribution is -0.137. The summed E-state index contributed by atoms with van der Waals surface area (Å²) >= 11 is 0. The Bertz CT molecular complexity index is 847. The minimum Gasteiger partial charge on any atom is -0.490 e. The smallest absolute Gasteiger partial charge is 0.416 e. The van der Waals surface area contributed by atoms with Crippen LogP contribution < -0.4 is 4.74 Å². The van der Waals surface area contributed by atoms with E-state index in [1.807, 2.05) is 0 Å². The highest BCUT2D eigenvalue weighted by atomic mass is 19.4. The highest BCUT2D eigenvalue weighted by molar-refractivity contribution is 5.46. The summed E-state index contributed by atoms with van der Waals surface area (Å²) in [6.45, 7) is 0.872. The number of ether oxygens (including phenoxy) is 2. The van der Waals surface area contributed by atoms with Crippen LogP contribution in [0.2, 0.25) is 0 Å². The molecule has 27 heavy (non-hydrogen) atoms. The molecule has 0 saturated carbocycles. The summed E-state index contributed by atoms with van der Waals surface area (Å²) in [5.74, 6) is -1.51. The Kier molecular flexibility index (Phi) is 4.37. The summed E-state index contributed by atoms with van der Waals surface area (Å²) in [5.41, 5.74) is -0.720. The molecule has 0 spiro atoms. The SMILES string of the molecule is Fc1ccc(F)c2c1OC[C@@H]1COCC[C@]21Cc1ccc(C(F)(F)F)cc1. The molecule has 2 atom stereocenters. The van der Waals surface area contributed by atoms with E-state index in [0.717, 1.165) is 24.3 Å². The van der Waals surface area contributed by atoms with Crippen molar-refractivity contribution in [3.8, 4) is 5.75 Å². The summed E-state index contributed by atoms with van der Waals surface area (Å²) in [5, 5.41) is 0. The fourth-order valence-electron chi connectivity index (χ4n) is 4.20. The van der Waals surface area contributed by atoms with E-state index < -0.39 is 28.8 Å². The van der Waals surface area contributed by atoms with Crippen LogP contribution in [0.25, 0.3) is 0 Å². The average molecular weight is 384 g/mol. The Morgan fingerprint density at radius 2 is 1.67 bits per heavy atom. The van der Waals surface area contributed by atoms with Crippen LogP contribution in [0.1, 0.15) is 23.1 Å². The molecule has 0 N–H and O–H groups in total. The standard InChI is InChI=1S/C20H17F5O2/c21-15-5-6-16(22)18-17(15)19(7-8-26-10-14(19)11-27-18)9-12-1-3-13(4-2-12)20(23,24)25/h1-6,14H,7-11H2/t14-,19+/m0/s1. The van der Waals surface area contributed by atoms with Crippen molar-refractivity contribution in [3.63, 3.8) is 0 Å². The molecular formula is C20H17F5O2. The van der Waals surface area contributed by atoms with Crippen molar-refractivity contribution in [2.24, 2.45) is 5.92 Å². The van der Waals surface area contributed by atoms with Crippen molar-refractivity contribution in [1.29, 1.82) is 0 Å². The second-order valence-electron chi connectivity index (χ2n) is 7.09. The highest BCUT2D eigenvalue weighted by Crippen LogP contribution is 2.50. The third-order valence-electron chi connectivity index (χ3n) is 5.58. The zero-order valence-electron chi connectivity index (χ0n) is 14.3. The van der Waals surface area contributed by atoms with Gasteiger partial charge in [0.15, 0.2) is 11.6 Å². The first-order chi connectivity index (χ1) is 12.8. The third kappa shape index (κ3) is 3.08. The molecule has 0 bridgehead atoms. The van der Waals surface area contributed by atoms with Crippen molar-refractivity contribution in [1.82, 2.24) is 0 Å². The van der Waals surface area contributed by atoms with Crippen LogP contribution in [0.4, 0.5) is 22.0 Å². The molecule has 2 aromatic carbocycles. The van der Waals surface area contributed by atoms with Crippen molar-refractivity contribution < 1.29 is 31.4 Å². The second kappa shape index (κ2) is 6.48. The number of fused-ring (bicyclic) bond motifs is 3. The van der Waals surface area contributed by atoms with Gasteiger partial charge in [-0.3, -0.25) is 0 Å². The molecule has 2 aromatic rings. The van der Waals surface area contributed by atoms with Gasteiger partial charge in [-0.25, -0.2) is 8.78 Å². The quantitative estimate of drug-likeness (QED) is 0.687. The molecule has 1 fully saturated rings. The fourth-order valence-corrected chi connectivity index (χ4v) is 4.20. The Morgan fingerprint density at radius 1 is 0.963 bits per heavy atom. The van der Waals surface area contributed by atoms with E-state index in [-0.39, 0.29) is 30.3 Å². The zero-order valence-corrected chi connectivity index (χ0v) is 14.3. The minimum absolute atomic E-state index is 0.0972. The topological polar surface area (TPSA) is 18.5 Å². The molecule has 0 aromatic heterocycles. The summed E-state index contributed by atoms with van der Waals surface area (Å²) in [6.07, 6.45) is -3.69. The van der Waals surface area contributed by atoms with E-state index in [1.165, 1.54) is 12.1 Å². The van der Waals surface area contributed by atoms with E-state index in [0.29, 0.717) is 25.2 Å². The van der Waals surface area contributed by atoms with Gasteiger partial charge in [0.25, 0.3) is 0 Å². The summed E-state index contributed by atoms with van der Waals surface area (Å²) in [6, 6.07) is 6.93. The predicted molar refractivity (Wildman–Crippen MR) is 87.6 cm³/mol. The van der Waals surface area contributed by atoms with Crippen LogP contribution in [0.5, 0.6) is 5.75 Å². The molecule has 0 unspecified atom stereocenters. The maximum absolute atomic E-state index is 14.8. The largest absolute Gasteiger partial charge is 0.490 e. The van der Waals surface area contributed by atoms with Gasteiger partial charge in [0.05, 0.1) is 18.8 Å². The van der Waals surface area contributed by atoms with Gasteiger partial charge in [-0.1, -0.05) is 12.1 Å². The Hall–Kier alpha value is -2.15. The fraction of sp³-hybridized carbons (Fsp3) is 0.400. The monoisotopic (exact) mass is 384 g/mol. The molecular weight excluding hydrogens is 367 g/mol. The van der Waals surface area contributed by atoms with E-state index >= 15 is 0 Å². The lowest BCUT2D eigenvalue weighted by Crippen LogP contribution is -2.50. The first-order valence-corrected chi connectivity index (χ1v) is 8.66. The van der Waals surface area contributed by atoms with Gasteiger partial charge < -0.3 is 9.47 Å². The van der Waals surface area contributed by atoms with Crippen LogP contribution in [0, 0.1) is 17.6 Å². The van der Waals surface area contributed by atoms with Gasteiger partial charge in [-0.2, -0.15) is 13.2 Å². The normalized spacial score (nSPS) is 24.7. The molecule has 2 aliphatic heterocycles. The molecule has 4 rings (SSSR count). The van der Waals surface area contributed by atoms with Gasteiger partial charge in [-0.15, -0.1) is 0 Å². The molecule has 2 aliphatic rings. The lowest BCUT2D eigenvalue weighted by atomic mass is 9.62. The Balaban J connectivity index is 1.78. The number of alkyl halides is 3. The van der Waals surface area contributed by atoms with Crippen LogP contribution >= 0.6 is 0 Å². The molecule has 2 heterocycles. The third-order valence-corrected chi connectivity index (χ3v) is 5.58. The maximum Gasteiger partial charge on any atom is 0.416 e. The van der Waals surface area contributed by atoms with Gasteiger partial charge in [0.2, 0.25) is 0 Å². The molecule has 7 heteroatoms. The molecule has 144 valence electrons. The first kappa shape index (κ1) is 18.2. The summed E-state index contributed by atoms with van der Waals surface area (Å²) in [7, 11) is 0.